The van der Waals surface area contributed by atoms with E-state index in [1.807, 2.05) is 0 Å². The molecule has 1 aliphatic rings. The second-order valence-corrected chi connectivity index (χ2v) is 9.93. The highest BCUT2D eigenvalue weighted by molar-refractivity contribution is 6.68. The SMILES string of the molecule is Cc1cccc(C2(c3cccc(C)c3)[SiH]=CC(c3ccccc3)=C2c2ccccc2)c1. The normalized spacial score (nSPS) is 14.8. The van der Waals surface area contributed by atoms with E-state index in [9.17, 15) is 0 Å². The largest absolute Gasteiger partial charge is 0.0753 e. The van der Waals surface area contributed by atoms with Gasteiger partial charge in [-0.1, -0.05) is 126 Å². The third kappa shape index (κ3) is 3.45. The van der Waals surface area contributed by atoms with Gasteiger partial charge in [-0.3, -0.25) is 0 Å². The molecule has 31 heavy (non-hydrogen) atoms. The number of hydrogen-bond acceptors (Lipinski definition) is 0. The third-order valence-electron chi connectivity index (χ3n) is 6.26. The Morgan fingerprint density at radius 1 is 0.548 bits per heavy atom. The second-order valence-electron chi connectivity index (χ2n) is 8.40. The van der Waals surface area contributed by atoms with Gasteiger partial charge in [0.15, 0.2) is 0 Å². The molecule has 0 amide bonds. The minimum Gasteiger partial charge on any atom is -0.0753 e. The van der Waals surface area contributed by atoms with E-state index in [0.717, 1.165) is 0 Å². The van der Waals surface area contributed by atoms with Crippen LogP contribution in [-0.4, -0.2) is 14.8 Å². The Morgan fingerprint density at radius 2 is 1.06 bits per heavy atom. The standard InChI is InChI=1S/C30H26Si/c1-22-11-9-17-26(19-22)30(27-18-10-12-23(2)20-27)29(25-15-7-4-8-16-25)28(21-31-30)24-13-5-3-6-14-24/h3-21,31H,1-2H3. The first-order valence-electron chi connectivity index (χ1n) is 10.9. The molecule has 0 atom stereocenters. The maximum absolute atomic E-state index is 2.53. The maximum atomic E-state index is 2.53. The van der Waals surface area contributed by atoms with Crippen LogP contribution in [0, 0.1) is 13.8 Å². The highest BCUT2D eigenvalue weighted by Gasteiger charge is 2.41. The van der Waals surface area contributed by atoms with E-state index in [4.69, 9.17) is 0 Å². The van der Waals surface area contributed by atoms with Gasteiger partial charge in [0.2, 0.25) is 0 Å². The molecule has 0 bridgehead atoms. The number of allylic oxidation sites excluding steroid dienone is 2. The number of rotatable bonds is 4. The van der Waals surface area contributed by atoms with E-state index >= 15 is 0 Å². The van der Waals surface area contributed by atoms with Crippen molar-refractivity contribution in [1.82, 2.24) is 0 Å². The zero-order valence-electron chi connectivity index (χ0n) is 18.0. The van der Waals surface area contributed by atoms with Crippen LogP contribution < -0.4 is 0 Å². The second kappa shape index (κ2) is 8.09. The summed E-state index contributed by atoms with van der Waals surface area (Å²) in [7, 11) is -0.0148. The first kappa shape index (κ1) is 19.7. The fourth-order valence-electron chi connectivity index (χ4n) is 4.86. The van der Waals surface area contributed by atoms with Crippen molar-refractivity contribution in [3.05, 3.63) is 143 Å². The zero-order valence-corrected chi connectivity index (χ0v) is 19.2. The van der Waals surface area contributed by atoms with Crippen LogP contribution in [-0.2, 0) is 5.04 Å². The Labute approximate surface area is 187 Å². The van der Waals surface area contributed by atoms with E-state index in [1.165, 1.54) is 44.5 Å². The number of aryl methyl sites for hydroxylation is 2. The van der Waals surface area contributed by atoms with Crippen molar-refractivity contribution in [3.63, 3.8) is 0 Å². The molecule has 0 fully saturated rings. The molecule has 0 aliphatic carbocycles. The van der Waals surface area contributed by atoms with Gasteiger partial charge < -0.3 is 0 Å². The van der Waals surface area contributed by atoms with Gasteiger partial charge in [0.25, 0.3) is 0 Å². The molecule has 4 aromatic carbocycles. The van der Waals surface area contributed by atoms with Gasteiger partial charge in [-0.05, 0) is 47.2 Å². The lowest BCUT2D eigenvalue weighted by Gasteiger charge is -2.34. The lowest BCUT2D eigenvalue weighted by molar-refractivity contribution is 0.941. The van der Waals surface area contributed by atoms with E-state index in [1.54, 1.807) is 0 Å². The average molecular weight is 415 g/mol. The molecule has 1 heterocycles. The quantitative estimate of drug-likeness (QED) is 0.338. The highest BCUT2D eigenvalue weighted by atomic mass is 28.2. The van der Waals surface area contributed by atoms with Crippen LogP contribution in [0.4, 0.5) is 0 Å². The lowest BCUT2D eigenvalue weighted by atomic mass is 9.77. The maximum Gasteiger partial charge on any atom is 0.0500 e. The molecule has 1 aliphatic heterocycles. The molecule has 0 aromatic heterocycles. The summed E-state index contributed by atoms with van der Waals surface area (Å²) in [5.74, 6) is 0. The van der Waals surface area contributed by atoms with Crippen LogP contribution in [0.2, 0.25) is 0 Å². The summed E-state index contributed by atoms with van der Waals surface area (Å²) in [6, 6.07) is 40.1. The Morgan fingerprint density at radius 3 is 1.58 bits per heavy atom. The van der Waals surface area contributed by atoms with E-state index in [2.05, 4.69) is 129 Å². The van der Waals surface area contributed by atoms with E-state index < -0.39 is 0 Å². The van der Waals surface area contributed by atoms with Crippen LogP contribution in [0.3, 0.4) is 0 Å². The summed E-state index contributed by atoms with van der Waals surface area (Å²) in [6.45, 7) is 4.40. The molecule has 5 rings (SSSR count). The molecule has 0 nitrogen and oxygen atoms in total. The highest BCUT2D eigenvalue weighted by Crippen LogP contribution is 2.48. The molecule has 0 radical (unpaired) electrons. The van der Waals surface area contributed by atoms with Crippen LogP contribution in [0.15, 0.2) is 109 Å². The average Bonchev–Trinajstić information content (AvgIpc) is 3.22. The Balaban J connectivity index is 1.89. The topological polar surface area (TPSA) is 0 Å². The van der Waals surface area contributed by atoms with Gasteiger partial charge in [0, 0.05) is 9.13 Å². The van der Waals surface area contributed by atoms with Gasteiger partial charge in [-0.15, -0.1) is 0 Å². The van der Waals surface area contributed by atoms with Crippen molar-refractivity contribution in [2.45, 2.75) is 18.9 Å². The number of hydrogen-bond donors (Lipinski definition) is 0. The molecule has 0 saturated heterocycles. The number of benzene rings is 4. The summed E-state index contributed by atoms with van der Waals surface area (Å²) in [4.78, 5) is 0. The molecule has 0 unspecified atom stereocenters. The first-order chi connectivity index (χ1) is 15.2. The molecule has 150 valence electrons. The van der Waals surface area contributed by atoms with Gasteiger partial charge in [-0.25, -0.2) is 0 Å². The van der Waals surface area contributed by atoms with E-state index in [0.29, 0.717) is 0 Å². The predicted molar refractivity (Wildman–Crippen MR) is 136 cm³/mol. The minimum absolute atomic E-state index is 0.0148. The molecule has 4 aromatic rings. The smallest absolute Gasteiger partial charge is 0.0500 e. The predicted octanol–water partition coefficient (Wildman–Crippen LogP) is 6.41. The summed E-state index contributed by atoms with van der Waals surface area (Å²) < 4.78 is 0. The van der Waals surface area contributed by atoms with Gasteiger partial charge in [0.1, 0.15) is 0 Å². The van der Waals surface area contributed by atoms with Crippen molar-refractivity contribution in [2.24, 2.45) is 0 Å². The fraction of sp³-hybridized carbons (Fsp3) is 0.100. The van der Waals surface area contributed by atoms with Crippen molar-refractivity contribution in [2.75, 3.05) is 0 Å². The zero-order chi connectivity index (χ0) is 21.3. The van der Waals surface area contributed by atoms with Gasteiger partial charge >= 0.3 is 0 Å². The molecular weight excluding hydrogens is 388 g/mol. The van der Waals surface area contributed by atoms with E-state index in [-0.39, 0.29) is 14.2 Å². The van der Waals surface area contributed by atoms with Crippen LogP contribution in [0.5, 0.6) is 0 Å². The minimum atomic E-state index is -0.134. The van der Waals surface area contributed by atoms with Crippen LogP contribution in [0.25, 0.3) is 11.1 Å². The van der Waals surface area contributed by atoms with Crippen molar-refractivity contribution in [1.29, 1.82) is 0 Å². The van der Waals surface area contributed by atoms with Crippen molar-refractivity contribution >= 4 is 25.9 Å². The summed E-state index contributed by atoms with van der Waals surface area (Å²) in [5, 5.41) is -0.134. The summed E-state index contributed by atoms with van der Waals surface area (Å²) >= 11 is 0. The lowest BCUT2D eigenvalue weighted by Crippen LogP contribution is -2.31. The van der Waals surface area contributed by atoms with Crippen LogP contribution >= 0.6 is 0 Å². The van der Waals surface area contributed by atoms with Crippen LogP contribution in [0.1, 0.15) is 33.4 Å². The monoisotopic (exact) mass is 414 g/mol. The molecule has 0 N–H and O–H groups in total. The van der Waals surface area contributed by atoms with Crippen molar-refractivity contribution < 1.29 is 0 Å². The molecule has 1 heteroatoms. The molecular formula is C30H26Si. The van der Waals surface area contributed by atoms with Crippen molar-refractivity contribution in [3.8, 4) is 0 Å². The summed E-state index contributed by atoms with van der Waals surface area (Å²) in [6.07, 6.45) is 0. The summed E-state index contributed by atoms with van der Waals surface area (Å²) in [5.41, 5.74) is 13.4. The molecule has 0 saturated carbocycles. The Kier molecular flexibility index (Phi) is 5.13. The first-order valence-corrected chi connectivity index (χ1v) is 12.1. The molecule has 0 spiro atoms. The van der Waals surface area contributed by atoms with Gasteiger partial charge in [0.05, 0.1) is 5.04 Å². The Hall–Kier alpha value is -3.29. The fourth-order valence-corrected chi connectivity index (χ4v) is 6.87. The Bertz CT molecular complexity index is 1230. The third-order valence-corrected chi connectivity index (χ3v) is 8.21. The van der Waals surface area contributed by atoms with Gasteiger partial charge in [-0.2, -0.15) is 0 Å².